The summed E-state index contributed by atoms with van der Waals surface area (Å²) in [4.78, 5) is 19.9. The molecule has 0 saturated carbocycles. The lowest BCUT2D eigenvalue weighted by Crippen LogP contribution is -2.39. The second-order valence-corrected chi connectivity index (χ2v) is 12.1. The van der Waals surface area contributed by atoms with Gasteiger partial charge in [-0.25, -0.2) is 22.9 Å². The highest BCUT2D eigenvalue weighted by Crippen LogP contribution is 2.37. The van der Waals surface area contributed by atoms with Crippen molar-refractivity contribution in [3.8, 4) is 9.75 Å². The molecule has 1 atom stereocenters. The summed E-state index contributed by atoms with van der Waals surface area (Å²) in [7, 11) is -3.63. The highest BCUT2D eigenvalue weighted by atomic mass is 35.5. The van der Waals surface area contributed by atoms with Crippen LogP contribution in [0.3, 0.4) is 0 Å². The smallest absolute Gasteiger partial charge is 0.323 e. The molecule has 154 valence electrons. The van der Waals surface area contributed by atoms with Crippen molar-refractivity contribution >= 4 is 50.3 Å². The molecule has 0 aliphatic carbocycles. The van der Waals surface area contributed by atoms with Crippen LogP contribution in [0.25, 0.3) is 9.75 Å². The van der Waals surface area contributed by atoms with E-state index in [1.54, 1.807) is 35.5 Å². The van der Waals surface area contributed by atoms with Gasteiger partial charge in [-0.2, -0.15) is 0 Å². The lowest BCUT2D eigenvalue weighted by Gasteiger charge is -2.24. The van der Waals surface area contributed by atoms with Crippen LogP contribution in [-0.2, 0) is 10.0 Å². The van der Waals surface area contributed by atoms with Crippen LogP contribution in [0.5, 0.6) is 0 Å². The molecule has 0 radical (unpaired) electrons. The summed E-state index contributed by atoms with van der Waals surface area (Å²) in [6.07, 6.45) is 5.35. The van der Waals surface area contributed by atoms with E-state index < -0.39 is 10.0 Å². The number of carbonyl (C=O) groups is 1. The van der Waals surface area contributed by atoms with Crippen LogP contribution in [0, 0.1) is 5.41 Å². The zero-order valence-electron chi connectivity index (χ0n) is 15.5. The number of rotatable bonds is 5. The fourth-order valence-electron chi connectivity index (χ4n) is 3.25. The number of sulfonamides is 1. The number of thiophene rings is 2. The minimum Gasteiger partial charge on any atom is -0.323 e. The Labute approximate surface area is 182 Å². The maximum atomic E-state index is 12.8. The quantitative estimate of drug-likeness (QED) is 0.611. The van der Waals surface area contributed by atoms with Gasteiger partial charge in [-0.3, -0.25) is 4.57 Å². The first-order chi connectivity index (χ1) is 13.8. The molecule has 1 saturated heterocycles. The highest BCUT2D eigenvalue weighted by Gasteiger charge is 2.37. The van der Waals surface area contributed by atoms with Gasteiger partial charge in [0.2, 0.25) is 10.0 Å². The Kier molecular flexibility index (Phi) is 5.56. The van der Waals surface area contributed by atoms with Crippen LogP contribution in [0.15, 0.2) is 47.2 Å². The Morgan fingerprint density at radius 2 is 2.03 bits per heavy atom. The van der Waals surface area contributed by atoms with Crippen molar-refractivity contribution in [2.24, 2.45) is 5.41 Å². The summed E-state index contributed by atoms with van der Waals surface area (Å²) >= 11 is 8.61. The predicted molar refractivity (Wildman–Crippen MR) is 115 cm³/mol. The van der Waals surface area contributed by atoms with Gasteiger partial charge >= 0.3 is 6.03 Å². The zero-order valence-corrected chi connectivity index (χ0v) is 18.7. The van der Waals surface area contributed by atoms with Gasteiger partial charge in [0.25, 0.3) is 0 Å². The molecule has 4 rings (SSSR count). The standard InChI is InChI=1S/C18H19ClN4O3S3/c1-18(6-8-22(11-18)17(24)23-9-7-20-12-23)10-21-29(25,26)16-5-3-14(28-16)13-2-4-15(19)27-13/h2-5,7,9,12,21H,6,8,10-11H2,1H3. The molecule has 7 nitrogen and oxygen atoms in total. The molecule has 3 aromatic heterocycles. The fraction of sp³-hybridized carbons (Fsp3) is 0.333. The van der Waals surface area contributed by atoms with E-state index in [1.165, 1.54) is 33.6 Å². The highest BCUT2D eigenvalue weighted by molar-refractivity contribution is 7.91. The van der Waals surface area contributed by atoms with Crippen molar-refractivity contribution in [2.75, 3.05) is 19.6 Å². The summed E-state index contributed by atoms with van der Waals surface area (Å²) in [6, 6.07) is 6.94. The van der Waals surface area contributed by atoms with Gasteiger partial charge in [0.1, 0.15) is 10.5 Å². The molecule has 0 aromatic carbocycles. The van der Waals surface area contributed by atoms with E-state index in [9.17, 15) is 13.2 Å². The monoisotopic (exact) mass is 470 g/mol. The third-order valence-electron chi connectivity index (χ3n) is 4.90. The van der Waals surface area contributed by atoms with Crippen LogP contribution in [0.4, 0.5) is 4.79 Å². The Hall–Kier alpha value is -1.72. The van der Waals surface area contributed by atoms with Crippen molar-refractivity contribution in [3.05, 3.63) is 47.3 Å². The summed E-state index contributed by atoms with van der Waals surface area (Å²) in [5.74, 6) is 0. The molecule has 0 spiro atoms. The number of amides is 1. The van der Waals surface area contributed by atoms with Gasteiger partial charge in [0.15, 0.2) is 0 Å². The number of carbonyl (C=O) groups excluding carboxylic acids is 1. The minimum absolute atomic E-state index is 0.147. The topological polar surface area (TPSA) is 84.3 Å². The lowest BCUT2D eigenvalue weighted by atomic mass is 9.90. The molecule has 11 heteroatoms. The summed E-state index contributed by atoms with van der Waals surface area (Å²) in [5.41, 5.74) is -0.329. The number of hydrogen-bond donors (Lipinski definition) is 1. The third kappa shape index (κ3) is 4.41. The molecule has 1 aliphatic rings. The molecule has 3 aromatic rings. The van der Waals surface area contributed by atoms with Crippen molar-refractivity contribution in [1.82, 2.24) is 19.2 Å². The maximum Gasteiger partial charge on any atom is 0.329 e. The second-order valence-electron chi connectivity index (χ2n) is 7.28. The van der Waals surface area contributed by atoms with Crippen LogP contribution in [-0.4, -0.2) is 48.5 Å². The van der Waals surface area contributed by atoms with E-state index in [0.717, 1.165) is 16.2 Å². The molecule has 29 heavy (non-hydrogen) atoms. The zero-order chi connectivity index (χ0) is 20.6. The Balaban J connectivity index is 1.40. The molecule has 1 aliphatic heterocycles. The Morgan fingerprint density at radius 3 is 2.72 bits per heavy atom. The van der Waals surface area contributed by atoms with Gasteiger partial charge in [-0.1, -0.05) is 18.5 Å². The minimum atomic E-state index is -3.63. The number of nitrogens with one attached hydrogen (secondary N) is 1. The molecule has 0 bridgehead atoms. The molecule has 1 amide bonds. The van der Waals surface area contributed by atoms with Crippen molar-refractivity contribution < 1.29 is 13.2 Å². The average Bonchev–Trinajstić information content (AvgIpc) is 3.46. The summed E-state index contributed by atoms with van der Waals surface area (Å²) in [6.45, 7) is 3.32. The molecular weight excluding hydrogens is 452 g/mol. The molecular formula is C18H19ClN4O3S3. The Bertz CT molecular complexity index is 1120. The summed E-state index contributed by atoms with van der Waals surface area (Å²) in [5, 5.41) is 0. The van der Waals surface area contributed by atoms with Gasteiger partial charge in [-0.15, -0.1) is 22.7 Å². The Morgan fingerprint density at radius 1 is 1.28 bits per heavy atom. The van der Waals surface area contributed by atoms with E-state index in [4.69, 9.17) is 11.6 Å². The third-order valence-corrected chi connectivity index (χ3v) is 9.31. The first kappa shape index (κ1) is 20.5. The van der Waals surface area contributed by atoms with E-state index in [-0.39, 0.29) is 22.2 Å². The average molecular weight is 471 g/mol. The second kappa shape index (κ2) is 7.84. The molecule has 1 N–H and O–H groups in total. The van der Waals surface area contributed by atoms with Crippen molar-refractivity contribution in [1.29, 1.82) is 0 Å². The van der Waals surface area contributed by atoms with E-state index >= 15 is 0 Å². The van der Waals surface area contributed by atoms with E-state index in [2.05, 4.69) is 9.71 Å². The molecule has 4 heterocycles. The van der Waals surface area contributed by atoms with Crippen LogP contribution >= 0.6 is 34.3 Å². The fourth-order valence-corrected chi connectivity index (χ4v) is 6.93. The van der Waals surface area contributed by atoms with Gasteiger partial charge in [-0.05, 0) is 30.7 Å². The SMILES string of the molecule is CC1(CNS(=O)(=O)c2ccc(-c3ccc(Cl)s3)s2)CCN(C(=O)n2ccnc2)C1. The molecule has 1 fully saturated rings. The first-order valence-electron chi connectivity index (χ1n) is 8.88. The maximum absolute atomic E-state index is 12.8. The van der Waals surface area contributed by atoms with E-state index in [1.807, 2.05) is 13.0 Å². The number of imidazole rings is 1. The lowest BCUT2D eigenvalue weighted by molar-refractivity contribution is 0.203. The van der Waals surface area contributed by atoms with Crippen molar-refractivity contribution in [3.63, 3.8) is 0 Å². The van der Waals surface area contributed by atoms with Crippen LogP contribution in [0.2, 0.25) is 4.34 Å². The number of nitrogens with zero attached hydrogens (tertiary/aromatic N) is 3. The van der Waals surface area contributed by atoms with Crippen molar-refractivity contribution in [2.45, 2.75) is 17.6 Å². The largest absolute Gasteiger partial charge is 0.329 e. The summed E-state index contributed by atoms with van der Waals surface area (Å²) < 4.78 is 30.6. The first-order valence-corrected chi connectivity index (χ1v) is 12.4. The molecule has 1 unspecified atom stereocenters. The van der Waals surface area contributed by atoms with Gasteiger partial charge in [0.05, 0.1) is 4.34 Å². The number of aromatic nitrogens is 2. The number of hydrogen-bond acceptors (Lipinski definition) is 6. The van der Waals surface area contributed by atoms with E-state index in [0.29, 0.717) is 17.4 Å². The number of halogens is 1. The number of likely N-dealkylation sites (tertiary alicyclic amines) is 1. The van der Waals surface area contributed by atoms with Gasteiger partial charge in [0, 0.05) is 47.2 Å². The van der Waals surface area contributed by atoms with Gasteiger partial charge < -0.3 is 4.90 Å². The normalized spacial score (nSPS) is 19.7. The van der Waals surface area contributed by atoms with Crippen LogP contribution < -0.4 is 4.72 Å². The predicted octanol–water partition coefficient (Wildman–Crippen LogP) is 3.99. The van der Waals surface area contributed by atoms with Crippen LogP contribution in [0.1, 0.15) is 13.3 Å².